The van der Waals surface area contributed by atoms with Crippen molar-refractivity contribution in [2.24, 2.45) is 0 Å². The Morgan fingerprint density at radius 3 is 3.00 bits per heavy atom. The SMILES string of the molecule is CCCCCOc1ncccc1CCl. The van der Waals surface area contributed by atoms with Gasteiger partial charge in [-0.05, 0) is 12.5 Å². The minimum Gasteiger partial charge on any atom is -0.477 e. The molecule has 78 valence electrons. The summed E-state index contributed by atoms with van der Waals surface area (Å²) in [4.78, 5) is 4.14. The molecule has 0 aromatic carbocycles. The van der Waals surface area contributed by atoms with Crippen LogP contribution in [0.4, 0.5) is 0 Å². The molecule has 0 amide bonds. The first-order valence-electron chi connectivity index (χ1n) is 5.01. The number of pyridine rings is 1. The van der Waals surface area contributed by atoms with Gasteiger partial charge in [0.15, 0.2) is 0 Å². The quantitative estimate of drug-likeness (QED) is 0.534. The zero-order valence-electron chi connectivity index (χ0n) is 8.50. The second kappa shape index (κ2) is 6.66. The summed E-state index contributed by atoms with van der Waals surface area (Å²) in [6.45, 7) is 2.90. The standard InChI is InChI=1S/C11H16ClNO/c1-2-3-4-8-14-11-10(9-12)6-5-7-13-11/h5-7H,2-4,8-9H2,1H3. The molecule has 0 aliphatic heterocycles. The zero-order valence-corrected chi connectivity index (χ0v) is 9.26. The molecule has 1 aromatic heterocycles. The monoisotopic (exact) mass is 213 g/mol. The van der Waals surface area contributed by atoms with Crippen LogP contribution >= 0.6 is 11.6 Å². The molecule has 0 radical (unpaired) electrons. The maximum absolute atomic E-state index is 5.75. The molecule has 0 fully saturated rings. The van der Waals surface area contributed by atoms with Crippen molar-refractivity contribution >= 4 is 11.6 Å². The van der Waals surface area contributed by atoms with Crippen LogP contribution in [0.2, 0.25) is 0 Å². The molecule has 0 atom stereocenters. The van der Waals surface area contributed by atoms with Crippen LogP contribution < -0.4 is 4.74 Å². The average molecular weight is 214 g/mol. The first-order valence-corrected chi connectivity index (χ1v) is 5.54. The minimum absolute atomic E-state index is 0.455. The molecule has 0 N–H and O–H groups in total. The van der Waals surface area contributed by atoms with Gasteiger partial charge in [-0.25, -0.2) is 4.98 Å². The number of hydrogen-bond acceptors (Lipinski definition) is 2. The molecule has 1 aromatic rings. The minimum atomic E-state index is 0.455. The summed E-state index contributed by atoms with van der Waals surface area (Å²) in [6, 6.07) is 3.81. The van der Waals surface area contributed by atoms with Gasteiger partial charge in [-0.2, -0.15) is 0 Å². The third-order valence-electron chi connectivity index (χ3n) is 1.98. The molecule has 1 heterocycles. The van der Waals surface area contributed by atoms with E-state index in [-0.39, 0.29) is 0 Å². The Morgan fingerprint density at radius 2 is 2.29 bits per heavy atom. The summed E-state index contributed by atoms with van der Waals surface area (Å²) in [5, 5.41) is 0. The van der Waals surface area contributed by atoms with E-state index in [0.717, 1.165) is 18.6 Å². The van der Waals surface area contributed by atoms with Crippen molar-refractivity contribution < 1.29 is 4.74 Å². The number of halogens is 1. The van der Waals surface area contributed by atoms with E-state index in [1.165, 1.54) is 12.8 Å². The number of alkyl halides is 1. The molecule has 3 heteroatoms. The van der Waals surface area contributed by atoms with Crippen LogP contribution in [0.15, 0.2) is 18.3 Å². The van der Waals surface area contributed by atoms with Gasteiger partial charge >= 0.3 is 0 Å². The summed E-state index contributed by atoms with van der Waals surface area (Å²) < 4.78 is 5.53. The summed E-state index contributed by atoms with van der Waals surface area (Å²) in [7, 11) is 0. The fourth-order valence-electron chi connectivity index (χ4n) is 1.18. The van der Waals surface area contributed by atoms with Crippen molar-refractivity contribution in [3.05, 3.63) is 23.9 Å². The fourth-order valence-corrected chi connectivity index (χ4v) is 1.38. The molecule has 0 aliphatic carbocycles. The Kier molecular flexibility index (Phi) is 5.38. The van der Waals surface area contributed by atoms with Crippen molar-refractivity contribution in [1.29, 1.82) is 0 Å². The highest BCUT2D eigenvalue weighted by Gasteiger charge is 2.01. The molecule has 2 nitrogen and oxygen atoms in total. The lowest BCUT2D eigenvalue weighted by Crippen LogP contribution is -2.01. The van der Waals surface area contributed by atoms with Crippen molar-refractivity contribution in [2.45, 2.75) is 32.1 Å². The molecule has 0 bridgehead atoms. The molecular formula is C11H16ClNO. The lowest BCUT2D eigenvalue weighted by atomic mass is 10.3. The Bertz CT molecular complexity index is 265. The van der Waals surface area contributed by atoms with Gasteiger partial charge in [0.2, 0.25) is 5.88 Å². The molecule has 0 spiro atoms. The second-order valence-corrected chi connectivity index (χ2v) is 3.42. The third kappa shape index (κ3) is 3.54. The first kappa shape index (κ1) is 11.3. The van der Waals surface area contributed by atoms with Crippen LogP contribution in [-0.2, 0) is 5.88 Å². The highest BCUT2D eigenvalue weighted by Crippen LogP contribution is 2.16. The van der Waals surface area contributed by atoms with Gasteiger partial charge in [0.05, 0.1) is 12.5 Å². The Balaban J connectivity index is 2.41. The lowest BCUT2D eigenvalue weighted by Gasteiger charge is -2.07. The predicted molar refractivity (Wildman–Crippen MR) is 58.8 cm³/mol. The first-order chi connectivity index (χ1) is 6.88. The summed E-state index contributed by atoms with van der Waals surface area (Å²) in [5.74, 6) is 1.13. The molecule has 0 saturated carbocycles. The Hall–Kier alpha value is -0.760. The van der Waals surface area contributed by atoms with Gasteiger partial charge in [-0.1, -0.05) is 25.8 Å². The van der Waals surface area contributed by atoms with Gasteiger partial charge in [0, 0.05) is 11.8 Å². The normalized spacial score (nSPS) is 10.1. The number of aromatic nitrogens is 1. The number of rotatable bonds is 6. The number of nitrogens with zero attached hydrogens (tertiary/aromatic N) is 1. The topological polar surface area (TPSA) is 22.1 Å². The van der Waals surface area contributed by atoms with Crippen molar-refractivity contribution in [1.82, 2.24) is 4.98 Å². The summed E-state index contributed by atoms with van der Waals surface area (Å²) in [6.07, 6.45) is 5.21. The van der Waals surface area contributed by atoms with E-state index in [1.54, 1.807) is 6.20 Å². The average Bonchev–Trinajstić information content (AvgIpc) is 2.25. The van der Waals surface area contributed by atoms with E-state index >= 15 is 0 Å². The zero-order chi connectivity index (χ0) is 10.2. The highest BCUT2D eigenvalue weighted by atomic mass is 35.5. The maximum atomic E-state index is 5.75. The second-order valence-electron chi connectivity index (χ2n) is 3.16. The van der Waals surface area contributed by atoms with Gasteiger partial charge in [0.25, 0.3) is 0 Å². The van der Waals surface area contributed by atoms with E-state index < -0.39 is 0 Å². The van der Waals surface area contributed by atoms with E-state index in [9.17, 15) is 0 Å². The Morgan fingerprint density at radius 1 is 1.43 bits per heavy atom. The smallest absolute Gasteiger partial charge is 0.217 e. The van der Waals surface area contributed by atoms with Gasteiger partial charge < -0.3 is 4.74 Å². The fraction of sp³-hybridized carbons (Fsp3) is 0.545. The van der Waals surface area contributed by atoms with Gasteiger partial charge in [-0.15, -0.1) is 11.6 Å². The predicted octanol–water partition coefficient (Wildman–Crippen LogP) is 3.39. The van der Waals surface area contributed by atoms with E-state index in [1.807, 2.05) is 12.1 Å². The number of hydrogen-bond donors (Lipinski definition) is 0. The summed E-state index contributed by atoms with van der Waals surface area (Å²) >= 11 is 5.75. The molecule has 0 unspecified atom stereocenters. The van der Waals surface area contributed by atoms with E-state index in [4.69, 9.17) is 16.3 Å². The van der Waals surface area contributed by atoms with Crippen LogP contribution in [0.25, 0.3) is 0 Å². The van der Waals surface area contributed by atoms with Crippen LogP contribution in [0.5, 0.6) is 5.88 Å². The lowest BCUT2D eigenvalue weighted by molar-refractivity contribution is 0.292. The molecule has 1 rings (SSSR count). The van der Waals surface area contributed by atoms with Crippen LogP contribution in [0.3, 0.4) is 0 Å². The molecule has 0 aliphatic rings. The van der Waals surface area contributed by atoms with Crippen LogP contribution in [0.1, 0.15) is 31.7 Å². The van der Waals surface area contributed by atoms with Crippen molar-refractivity contribution in [2.75, 3.05) is 6.61 Å². The van der Waals surface area contributed by atoms with Gasteiger partial charge in [-0.3, -0.25) is 0 Å². The molecule has 14 heavy (non-hydrogen) atoms. The van der Waals surface area contributed by atoms with E-state index in [2.05, 4.69) is 11.9 Å². The van der Waals surface area contributed by atoms with Crippen molar-refractivity contribution in [3.8, 4) is 5.88 Å². The maximum Gasteiger partial charge on any atom is 0.217 e. The Labute approximate surface area is 90.3 Å². The van der Waals surface area contributed by atoms with Gasteiger partial charge in [0.1, 0.15) is 0 Å². The van der Waals surface area contributed by atoms with E-state index in [0.29, 0.717) is 11.8 Å². The van der Waals surface area contributed by atoms with Crippen LogP contribution in [-0.4, -0.2) is 11.6 Å². The summed E-state index contributed by atoms with van der Waals surface area (Å²) in [5.41, 5.74) is 0.964. The number of ether oxygens (including phenoxy) is 1. The van der Waals surface area contributed by atoms with Crippen LogP contribution in [0, 0.1) is 0 Å². The largest absolute Gasteiger partial charge is 0.477 e. The molecular weight excluding hydrogens is 198 g/mol. The van der Waals surface area contributed by atoms with Crippen molar-refractivity contribution in [3.63, 3.8) is 0 Å². The molecule has 0 saturated heterocycles. The third-order valence-corrected chi connectivity index (χ3v) is 2.27. The highest BCUT2D eigenvalue weighted by molar-refractivity contribution is 6.17. The number of unbranched alkanes of at least 4 members (excludes halogenated alkanes) is 2.